The molecule has 2 rings (SSSR count). The lowest BCUT2D eigenvalue weighted by atomic mass is 10.2. The summed E-state index contributed by atoms with van der Waals surface area (Å²) >= 11 is 0. The Morgan fingerprint density at radius 2 is 1.46 bits per heavy atom. The molecule has 0 fully saturated rings. The number of hydrogen-bond acceptors (Lipinski definition) is 7. The Labute approximate surface area is 139 Å². The Balaban J connectivity index is 0.000000243. The second kappa shape index (κ2) is 9.04. The van der Waals surface area contributed by atoms with Gasteiger partial charge in [0.05, 0.1) is 26.9 Å². The molecular formula is C17H18O7. The minimum atomic E-state index is -0.587. The summed E-state index contributed by atoms with van der Waals surface area (Å²) in [5.41, 5.74) is 0.339. The van der Waals surface area contributed by atoms with Crippen molar-refractivity contribution in [2.45, 2.75) is 0 Å². The van der Waals surface area contributed by atoms with Crippen LogP contribution in [0, 0.1) is 0 Å². The van der Waals surface area contributed by atoms with E-state index in [-0.39, 0.29) is 22.6 Å². The van der Waals surface area contributed by atoms with Gasteiger partial charge in [-0.2, -0.15) is 0 Å². The summed E-state index contributed by atoms with van der Waals surface area (Å²) < 4.78 is 14.2. The number of phenolic OH excluding ortho intramolecular Hbond substituents is 2. The quantitative estimate of drug-likeness (QED) is 0.654. The summed E-state index contributed by atoms with van der Waals surface area (Å²) in [7, 11) is 4.23. The number of aromatic hydroxyl groups is 2. The summed E-state index contributed by atoms with van der Waals surface area (Å²) in [5.74, 6) is 0.327. The number of rotatable bonds is 4. The molecule has 7 nitrogen and oxygen atoms in total. The highest BCUT2D eigenvalue weighted by Crippen LogP contribution is 2.23. The molecule has 0 unspecified atom stereocenters. The van der Waals surface area contributed by atoms with E-state index in [2.05, 4.69) is 4.74 Å². The number of carbonyl (C=O) groups excluding carboxylic acids is 2. The minimum Gasteiger partial charge on any atom is -0.507 e. The van der Waals surface area contributed by atoms with Crippen LogP contribution in [0.3, 0.4) is 0 Å². The summed E-state index contributed by atoms with van der Waals surface area (Å²) in [5, 5.41) is 18.3. The van der Waals surface area contributed by atoms with Crippen molar-refractivity contribution in [1.29, 1.82) is 0 Å². The first-order valence-corrected chi connectivity index (χ1v) is 6.74. The topological polar surface area (TPSA) is 102 Å². The molecule has 0 aliphatic carbocycles. The van der Waals surface area contributed by atoms with E-state index in [0.717, 1.165) is 0 Å². The van der Waals surface area contributed by atoms with E-state index in [4.69, 9.17) is 14.6 Å². The predicted molar refractivity (Wildman–Crippen MR) is 86.0 cm³/mol. The van der Waals surface area contributed by atoms with Crippen molar-refractivity contribution in [2.24, 2.45) is 0 Å². The molecule has 7 heteroatoms. The largest absolute Gasteiger partial charge is 0.507 e. The lowest BCUT2D eigenvalue weighted by Crippen LogP contribution is -2.01. The highest BCUT2D eigenvalue weighted by Gasteiger charge is 2.11. The maximum atomic E-state index is 11.1. The van der Waals surface area contributed by atoms with Crippen LogP contribution in [0.15, 0.2) is 36.4 Å². The fourth-order valence-electron chi connectivity index (χ4n) is 1.67. The van der Waals surface area contributed by atoms with Gasteiger partial charge in [0.2, 0.25) is 0 Å². The Kier molecular flexibility index (Phi) is 7.09. The smallest absolute Gasteiger partial charge is 0.341 e. The number of hydrogen-bond donors (Lipinski definition) is 2. The number of methoxy groups -OCH3 is 3. The molecule has 0 aliphatic rings. The molecule has 128 valence electrons. The average molecular weight is 334 g/mol. The Morgan fingerprint density at radius 3 is 1.96 bits per heavy atom. The van der Waals surface area contributed by atoms with E-state index in [9.17, 15) is 14.7 Å². The molecule has 2 N–H and O–H groups in total. The van der Waals surface area contributed by atoms with Crippen molar-refractivity contribution in [2.75, 3.05) is 21.3 Å². The zero-order chi connectivity index (χ0) is 18.1. The van der Waals surface area contributed by atoms with Crippen LogP contribution in [0.2, 0.25) is 0 Å². The molecule has 24 heavy (non-hydrogen) atoms. The van der Waals surface area contributed by atoms with E-state index < -0.39 is 5.97 Å². The van der Waals surface area contributed by atoms with Crippen molar-refractivity contribution >= 4 is 12.3 Å². The van der Waals surface area contributed by atoms with Gasteiger partial charge in [-0.1, -0.05) is 0 Å². The molecule has 0 bridgehead atoms. The van der Waals surface area contributed by atoms with E-state index in [1.807, 2.05) is 0 Å². The van der Waals surface area contributed by atoms with Crippen molar-refractivity contribution < 1.29 is 34.0 Å². The van der Waals surface area contributed by atoms with Gasteiger partial charge in [0, 0.05) is 0 Å². The molecule has 0 aliphatic heterocycles. The van der Waals surface area contributed by atoms with Crippen LogP contribution in [0.5, 0.6) is 23.0 Å². The zero-order valence-electron chi connectivity index (χ0n) is 13.5. The van der Waals surface area contributed by atoms with Crippen LogP contribution in [-0.2, 0) is 4.74 Å². The van der Waals surface area contributed by atoms with Gasteiger partial charge < -0.3 is 24.4 Å². The van der Waals surface area contributed by atoms with Crippen LogP contribution in [0.4, 0.5) is 0 Å². The summed E-state index contributed by atoms with van der Waals surface area (Å²) in [6, 6.07) is 8.83. The Hall–Kier alpha value is -3.22. The standard InChI is InChI=1S/C9H10O4.C8H8O3/c1-12-6-3-4-8(10)7(5-6)9(11)13-2;1-11-7-2-3-8(10)6(4-7)5-9/h3-5,10H,1-2H3;2-5,10H,1H3. The SMILES string of the molecule is COC(=O)c1cc(OC)ccc1O.COc1ccc(O)c(C=O)c1. The van der Waals surface area contributed by atoms with Gasteiger partial charge in [-0.05, 0) is 36.4 Å². The third kappa shape index (κ3) is 4.91. The molecule has 0 saturated heterocycles. The third-order valence-electron chi connectivity index (χ3n) is 2.97. The number of aldehydes is 1. The van der Waals surface area contributed by atoms with Crippen LogP contribution in [0.25, 0.3) is 0 Å². The summed E-state index contributed by atoms with van der Waals surface area (Å²) in [6.07, 6.45) is 0.581. The van der Waals surface area contributed by atoms with Crippen LogP contribution >= 0.6 is 0 Å². The molecule has 0 amide bonds. The highest BCUT2D eigenvalue weighted by molar-refractivity contribution is 5.92. The van der Waals surface area contributed by atoms with Gasteiger partial charge in [0.25, 0.3) is 0 Å². The number of esters is 1. The number of ether oxygens (including phenoxy) is 3. The second-order valence-corrected chi connectivity index (χ2v) is 4.42. The fraction of sp³-hybridized carbons (Fsp3) is 0.176. The van der Waals surface area contributed by atoms with Gasteiger partial charge in [0.1, 0.15) is 28.6 Å². The number of benzene rings is 2. The highest BCUT2D eigenvalue weighted by atomic mass is 16.5. The van der Waals surface area contributed by atoms with E-state index >= 15 is 0 Å². The van der Waals surface area contributed by atoms with Gasteiger partial charge in [-0.15, -0.1) is 0 Å². The molecule has 0 saturated carbocycles. The maximum absolute atomic E-state index is 11.1. The molecule has 0 spiro atoms. The van der Waals surface area contributed by atoms with Crippen LogP contribution in [-0.4, -0.2) is 43.8 Å². The van der Waals surface area contributed by atoms with E-state index in [1.54, 1.807) is 12.1 Å². The first-order valence-electron chi connectivity index (χ1n) is 6.74. The number of phenols is 2. The molecule has 2 aromatic carbocycles. The zero-order valence-corrected chi connectivity index (χ0v) is 13.5. The van der Waals surface area contributed by atoms with Crippen LogP contribution < -0.4 is 9.47 Å². The molecule has 2 aromatic rings. The molecular weight excluding hydrogens is 316 g/mol. The van der Waals surface area contributed by atoms with Crippen molar-refractivity contribution in [3.8, 4) is 23.0 Å². The first-order chi connectivity index (χ1) is 11.5. The van der Waals surface area contributed by atoms with Gasteiger partial charge >= 0.3 is 5.97 Å². The van der Waals surface area contributed by atoms with E-state index in [0.29, 0.717) is 17.8 Å². The Morgan fingerprint density at radius 1 is 0.917 bits per heavy atom. The van der Waals surface area contributed by atoms with Crippen molar-refractivity contribution in [3.63, 3.8) is 0 Å². The summed E-state index contributed by atoms with van der Waals surface area (Å²) in [6.45, 7) is 0. The summed E-state index contributed by atoms with van der Waals surface area (Å²) in [4.78, 5) is 21.3. The monoisotopic (exact) mass is 334 g/mol. The predicted octanol–water partition coefficient (Wildman–Crippen LogP) is 2.40. The molecule has 0 aromatic heterocycles. The lowest BCUT2D eigenvalue weighted by Gasteiger charge is -2.04. The maximum Gasteiger partial charge on any atom is 0.341 e. The molecule has 0 heterocycles. The molecule has 0 atom stereocenters. The van der Waals surface area contributed by atoms with Gasteiger partial charge in [0.15, 0.2) is 6.29 Å². The average Bonchev–Trinajstić information content (AvgIpc) is 2.62. The van der Waals surface area contributed by atoms with Crippen LogP contribution in [0.1, 0.15) is 20.7 Å². The van der Waals surface area contributed by atoms with Gasteiger partial charge in [-0.25, -0.2) is 4.79 Å². The number of carbonyl (C=O) groups is 2. The molecule has 0 radical (unpaired) electrons. The first kappa shape index (κ1) is 18.8. The lowest BCUT2D eigenvalue weighted by molar-refractivity contribution is 0.0597. The van der Waals surface area contributed by atoms with E-state index in [1.165, 1.54) is 45.6 Å². The van der Waals surface area contributed by atoms with Crippen molar-refractivity contribution in [3.05, 3.63) is 47.5 Å². The normalized spacial score (nSPS) is 9.29. The fourth-order valence-corrected chi connectivity index (χ4v) is 1.67. The van der Waals surface area contributed by atoms with Gasteiger partial charge in [-0.3, -0.25) is 4.79 Å². The second-order valence-electron chi connectivity index (χ2n) is 4.42. The minimum absolute atomic E-state index is 0.0270. The Bertz CT molecular complexity index is 710. The van der Waals surface area contributed by atoms with Crippen molar-refractivity contribution in [1.82, 2.24) is 0 Å². The third-order valence-corrected chi connectivity index (χ3v) is 2.97.